The van der Waals surface area contributed by atoms with Crippen LogP contribution in [0.25, 0.3) is 10.8 Å². The topological polar surface area (TPSA) is 106 Å². The molecule has 3 aromatic rings. The number of phenolic OH excluding ortho intramolecular Hbond substituents is 1. The minimum Gasteiger partial charge on any atom is -0.507 e. The standard InChI is InChI=1S/C24H23ClN2O6/c1-3-31-21-10-15(9-19(25)23(21)33-14-22(29)32-4-2)13-26-27-24(30)18-11-16-7-5-6-8-17(16)12-20(18)28/h5-13,28H,3-4,14H2,1-2H3,(H,27,30). The number of esters is 1. The number of carbonyl (C=O) groups is 2. The van der Waals surface area contributed by atoms with E-state index in [0.717, 1.165) is 10.8 Å². The molecule has 0 fully saturated rings. The van der Waals surface area contributed by atoms with E-state index >= 15 is 0 Å². The Bertz CT molecular complexity index is 1200. The molecule has 0 radical (unpaired) electrons. The van der Waals surface area contributed by atoms with Crippen LogP contribution in [0.15, 0.2) is 53.6 Å². The Kier molecular flexibility index (Phi) is 8.10. The van der Waals surface area contributed by atoms with Crippen molar-refractivity contribution in [3.05, 3.63) is 64.7 Å². The molecule has 1 amide bonds. The van der Waals surface area contributed by atoms with Crippen molar-refractivity contribution < 1.29 is 28.9 Å². The van der Waals surface area contributed by atoms with Gasteiger partial charge in [0.15, 0.2) is 18.1 Å². The fourth-order valence-corrected chi connectivity index (χ4v) is 3.31. The maximum atomic E-state index is 12.5. The maximum absolute atomic E-state index is 12.5. The number of rotatable bonds is 9. The van der Waals surface area contributed by atoms with E-state index in [0.29, 0.717) is 17.9 Å². The van der Waals surface area contributed by atoms with E-state index in [1.165, 1.54) is 12.3 Å². The monoisotopic (exact) mass is 470 g/mol. The molecule has 8 nitrogen and oxygen atoms in total. The van der Waals surface area contributed by atoms with Gasteiger partial charge in [-0.05, 0) is 54.4 Å². The number of carbonyl (C=O) groups excluding carboxylic acids is 2. The molecule has 0 saturated heterocycles. The predicted molar refractivity (Wildman–Crippen MR) is 125 cm³/mol. The first-order valence-corrected chi connectivity index (χ1v) is 10.6. The molecule has 0 aliphatic heterocycles. The maximum Gasteiger partial charge on any atom is 0.344 e. The lowest BCUT2D eigenvalue weighted by Gasteiger charge is -2.14. The summed E-state index contributed by atoms with van der Waals surface area (Å²) in [4.78, 5) is 24.1. The molecule has 0 saturated carbocycles. The van der Waals surface area contributed by atoms with Gasteiger partial charge in [0, 0.05) is 0 Å². The lowest BCUT2D eigenvalue weighted by Crippen LogP contribution is -2.17. The molecule has 0 aromatic heterocycles. The Labute approximate surface area is 195 Å². The lowest BCUT2D eigenvalue weighted by atomic mass is 10.1. The van der Waals surface area contributed by atoms with Gasteiger partial charge in [0.1, 0.15) is 5.75 Å². The molecule has 0 bridgehead atoms. The van der Waals surface area contributed by atoms with Crippen molar-refractivity contribution in [1.82, 2.24) is 5.43 Å². The van der Waals surface area contributed by atoms with Gasteiger partial charge in [-0.2, -0.15) is 5.10 Å². The van der Waals surface area contributed by atoms with E-state index in [2.05, 4.69) is 10.5 Å². The van der Waals surface area contributed by atoms with Crippen LogP contribution in [0.3, 0.4) is 0 Å². The highest BCUT2D eigenvalue weighted by Crippen LogP contribution is 2.36. The lowest BCUT2D eigenvalue weighted by molar-refractivity contribution is -0.145. The normalized spacial score (nSPS) is 10.9. The summed E-state index contributed by atoms with van der Waals surface area (Å²) in [5, 5.41) is 16.0. The molecule has 0 unspecified atom stereocenters. The Balaban J connectivity index is 1.74. The van der Waals surface area contributed by atoms with Crippen LogP contribution in [0, 0.1) is 0 Å². The molecule has 3 rings (SSSR count). The highest BCUT2D eigenvalue weighted by Gasteiger charge is 2.15. The Morgan fingerprint density at radius 3 is 2.48 bits per heavy atom. The molecule has 0 atom stereocenters. The van der Waals surface area contributed by atoms with Crippen molar-refractivity contribution in [2.24, 2.45) is 5.10 Å². The molecule has 33 heavy (non-hydrogen) atoms. The van der Waals surface area contributed by atoms with Crippen LogP contribution in [0.2, 0.25) is 5.02 Å². The average Bonchev–Trinajstić information content (AvgIpc) is 2.78. The van der Waals surface area contributed by atoms with E-state index in [1.807, 2.05) is 24.3 Å². The minimum atomic E-state index is -0.569. The molecule has 2 N–H and O–H groups in total. The van der Waals surface area contributed by atoms with E-state index < -0.39 is 11.9 Å². The Morgan fingerprint density at radius 2 is 1.79 bits per heavy atom. The summed E-state index contributed by atoms with van der Waals surface area (Å²) in [7, 11) is 0. The number of aromatic hydroxyl groups is 1. The van der Waals surface area contributed by atoms with Crippen LogP contribution in [0.1, 0.15) is 29.8 Å². The smallest absolute Gasteiger partial charge is 0.344 e. The molecule has 0 aliphatic carbocycles. The second-order valence-corrected chi connectivity index (χ2v) is 7.18. The number of phenols is 1. The molecule has 0 aliphatic rings. The first kappa shape index (κ1) is 23.9. The number of amides is 1. The number of nitrogens with one attached hydrogen (secondary N) is 1. The van der Waals surface area contributed by atoms with Crippen molar-refractivity contribution >= 4 is 40.5 Å². The number of fused-ring (bicyclic) bond motifs is 1. The zero-order chi connectivity index (χ0) is 23.8. The Hall–Kier alpha value is -3.78. The van der Waals surface area contributed by atoms with E-state index in [9.17, 15) is 14.7 Å². The molecule has 0 heterocycles. The molecular formula is C24H23ClN2O6. The second-order valence-electron chi connectivity index (χ2n) is 6.77. The van der Waals surface area contributed by atoms with Crippen LogP contribution >= 0.6 is 11.6 Å². The Morgan fingerprint density at radius 1 is 1.06 bits per heavy atom. The third kappa shape index (κ3) is 6.14. The second kappa shape index (κ2) is 11.2. The first-order valence-electron chi connectivity index (χ1n) is 10.2. The molecular weight excluding hydrogens is 448 g/mol. The van der Waals surface area contributed by atoms with Crippen LogP contribution < -0.4 is 14.9 Å². The van der Waals surface area contributed by atoms with Gasteiger partial charge in [0.05, 0.1) is 30.0 Å². The fraction of sp³-hybridized carbons (Fsp3) is 0.208. The predicted octanol–water partition coefficient (Wildman–Crippen LogP) is 4.30. The van der Waals surface area contributed by atoms with E-state index in [1.54, 1.807) is 32.0 Å². The van der Waals surface area contributed by atoms with Crippen LogP contribution in [0.5, 0.6) is 17.2 Å². The van der Waals surface area contributed by atoms with Gasteiger partial charge in [-0.25, -0.2) is 10.2 Å². The van der Waals surface area contributed by atoms with Crippen molar-refractivity contribution in [2.75, 3.05) is 19.8 Å². The van der Waals surface area contributed by atoms with Gasteiger partial charge in [-0.1, -0.05) is 35.9 Å². The molecule has 9 heteroatoms. The minimum absolute atomic E-state index is 0.0987. The van der Waals surface area contributed by atoms with Gasteiger partial charge in [0.2, 0.25) is 0 Å². The van der Waals surface area contributed by atoms with Gasteiger partial charge in [-0.15, -0.1) is 0 Å². The summed E-state index contributed by atoms with van der Waals surface area (Å²) in [6.45, 7) is 3.76. The highest BCUT2D eigenvalue weighted by atomic mass is 35.5. The average molecular weight is 471 g/mol. The number of hydrogen-bond acceptors (Lipinski definition) is 7. The third-order valence-corrected chi connectivity index (χ3v) is 4.74. The van der Waals surface area contributed by atoms with Crippen LogP contribution in [-0.2, 0) is 9.53 Å². The zero-order valence-electron chi connectivity index (χ0n) is 18.1. The van der Waals surface area contributed by atoms with Gasteiger partial charge in [0.25, 0.3) is 5.91 Å². The quantitative estimate of drug-likeness (QED) is 0.274. The number of benzene rings is 3. The zero-order valence-corrected chi connectivity index (χ0v) is 18.9. The highest BCUT2D eigenvalue weighted by molar-refractivity contribution is 6.32. The van der Waals surface area contributed by atoms with Gasteiger partial charge >= 0.3 is 5.97 Å². The van der Waals surface area contributed by atoms with E-state index in [4.69, 9.17) is 25.8 Å². The van der Waals surface area contributed by atoms with Crippen molar-refractivity contribution in [2.45, 2.75) is 13.8 Å². The summed E-state index contributed by atoms with van der Waals surface area (Å²) >= 11 is 6.31. The fourth-order valence-electron chi connectivity index (χ4n) is 3.04. The summed E-state index contributed by atoms with van der Waals surface area (Å²) in [5.74, 6) is -0.726. The molecule has 3 aromatic carbocycles. The van der Waals surface area contributed by atoms with Crippen LogP contribution in [-0.4, -0.2) is 43.0 Å². The third-order valence-electron chi connectivity index (χ3n) is 4.46. The number of hydrogen-bond donors (Lipinski definition) is 2. The van der Waals surface area contributed by atoms with Crippen LogP contribution in [0.4, 0.5) is 0 Å². The summed E-state index contributed by atoms with van der Waals surface area (Å²) < 4.78 is 15.9. The summed E-state index contributed by atoms with van der Waals surface area (Å²) in [5.41, 5.74) is 3.01. The number of halogens is 1. The number of ether oxygens (including phenoxy) is 3. The van der Waals surface area contributed by atoms with Gasteiger partial charge in [-0.3, -0.25) is 4.79 Å². The SMILES string of the molecule is CCOC(=O)COc1c(Cl)cc(C=NNC(=O)c2cc3ccccc3cc2O)cc1OCC. The summed E-state index contributed by atoms with van der Waals surface area (Å²) in [6, 6.07) is 13.7. The summed E-state index contributed by atoms with van der Waals surface area (Å²) in [6.07, 6.45) is 1.37. The number of hydrazone groups is 1. The molecule has 172 valence electrons. The number of nitrogens with zero attached hydrogens (tertiary/aromatic N) is 1. The largest absolute Gasteiger partial charge is 0.507 e. The molecule has 0 spiro atoms. The van der Waals surface area contributed by atoms with E-state index in [-0.39, 0.29) is 35.3 Å². The van der Waals surface area contributed by atoms with Gasteiger partial charge < -0.3 is 19.3 Å². The van der Waals surface area contributed by atoms with Crippen molar-refractivity contribution in [1.29, 1.82) is 0 Å². The van der Waals surface area contributed by atoms with Crippen molar-refractivity contribution in [3.63, 3.8) is 0 Å². The van der Waals surface area contributed by atoms with Crippen molar-refractivity contribution in [3.8, 4) is 17.2 Å². The first-order chi connectivity index (χ1) is 15.9.